The van der Waals surface area contributed by atoms with Gasteiger partial charge in [0.1, 0.15) is 12.6 Å². The molecule has 0 unspecified atom stereocenters. The van der Waals surface area contributed by atoms with Crippen LogP contribution in [0.25, 0.3) is 0 Å². The van der Waals surface area contributed by atoms with Crippen LogP contribution in [0.3, 0.4) is 0 Å². The van der Waals surface area contributed by atoms with Crippen LogP contribution < -0.4 is 19.1 Å². The molecule has 9 nitrogen and oxygen atoms in total. The predicted octanol–water partition coefficient (Wildman–Crippen LogP) is 4.80. The number of nitrogens with zero attached hydrogens (tertiary/aromatic N) is 2. The van der Waals surface area contributed by atoms with Gasteiger partial charge in [0.05, 0.1) is 24.8 Å². The van der Waals surface area contributed by atoms with Gasteiger partial charge in [0.2, 0.25) is 11.8 Å². The molecule has 0 aliphatic rings. The fourth-order valence-corrected chi connectivity index (χ4v) is 5.76. The second kappa shape index (κ2) is 14.2. The van der Waals surface area contributed by atoms with E-state index >= 15 is 0 Å². The first-order chi connectivity index (χ1) is 19.5. The number of anilines is 1. The van der Waals surface area contributed by atoms with Gasteiger partial charge >= 0.3 is 0 Å². The lowest BCUT2D eigenvalue weighted by atomic mass is 10.1. The lowest BCUT2D eigenvalue weighted by Crippen LogP contribution is -2.51. The highest BCUT2D eigenvalue weighted by molar-refractivity contribution is 7.92. The fourth-order valence-electron chi connectivity index (χ4n) is 4.13. The molecule has 0 radical (unpaired) electrons. The molecule has 220 valence electrons. The molecule has 3 aromatic rings. The van der Waals surface area contributed by atoms with Crippen molar-refractivity contribution in [3.63, 3.8) is 0 Å². The lowest BCUT2D eigenvalue weighted by Gasteiger charge is -2.32. The van der Waals surface area contributed by atoms with E-state index in [4.69, 9.17) is 21.1 Å². The molecule has 0 heterocycles. The van der Waals surface area contributed by atoms with Crippen LogP contribution in [0.2, 0.25) is 5.02 Å². The Labute approximate surface area is 247 Å². The van der Waals surface area contributed by atoms with E-state index in [2.05, 4.69) is 5.32 Å². The summed E-state index contributed by atoms with van der Waals surface area (Å²) in [5.74, 6) is -0.335. The topological polar surface area (TPSA) is 105 Å². The third-order valence-electron chi connectivity index (χ3n) is 6.56. The van der Waals surface area contributed by atoms with Crippen LogP contribution in [0.1, 0.15) is 31.4 Å². The molecule has 1 atom stereocenters. The van der Waals surface area contributed by atoms with Gasteiger partial charge in [-0.3, -0.25) is 13.9 Å². The fraction of sp³-hybridized carbons (Fsp3) is 0.333. The van der Waals surface area contributed by atoms with Crippen LogP contribution >= 0.6 is 11.6 Å². The predicted molar refractivity (Wildman–Crippen MR) is 160 cm³/mol. The summed E-state index contributed by atoms with van der Waals surface area (Å²) >= 11 is 6.40. The summed E-state index contributed by atoms with van der Waals surface area (Å²) in [6.07, 6.45) is 0.724. The number of hydrogen-bond acceptors (Lipinski definition) is 6. The molecule has 0 aliphatic heterocycles. The van der Waals surface area contributed by atoms with Gasteiger partial charge in [0.25, 0.3) is 10.0 Å². The summed E-state index contributed by atoms with van der Waals surface area (Å²) in [5.41, 5.74) is 1.84. The highest BCUT2D eigenvalue weighted by Gasteiger charge is 2.33. The quantitative estimate of drug-likeness (QED) is 0.302. The first-order valence-electron chi connectivity index (χ1n) is 13.2. The molecule has 0 aromatic heterocycles. The van der Waals surface area contributed by atoms with Crippen LogP contribution in [0.15, 0.2) is 71.6 Å². The van der Waals surface area contributed by atoms with E-state index in [0.717, 1.165) is 16.3 Å². The lowest BCUT2D eigenvalue weighted by molar-refractivity contribution is -0.139. The zero-order chi connectivity index (χ0) is 30.2. The van der Waals surface area contributed by atoms with Gasteiger partial charge in [-0.05, 0) is 56.2 Å². The monoisotopic (exact) mass is 601 g/mol. The molecule has 41 heavy (non-hydrogen) atoms. The van der Waals surface area contributed by atoms with Crippen molar-refractivity contribution in [2.45, 2.75) is 44.7 Å². The SMILES string of the molecule is CCCNC(=O)[C@@H](C)N(Cc1ccccc1Cl)C(=O)CN(c1ccc(C)cc1)S(=O)(=O)c1ccc(OC)c(OC)c1. The minimum absolute atomic E-state index is 0.0113. The van der Waals surface area contributed by atoms with Crippen LogP contribution in [-0.2, 0) is 26.2 Å². The minimum Gasteiger partial charge on any atom is -0.493 e. The zero-order valence-corrected chi connectivity index (χ0v) is 25.5. The Hall–Kier alpha value is -3.76. The Balaban J connectivity index is 2.07. The van der Waals surface area contributed by atoms with Crippen LogP contribution in [0.5, 0.6) is 11.5 Å². The standard InChI is InChI=1S/C30H36ClN3O6S/c1-6-17-32-30(36)22(3)33(19-23-9-7-8-10-26(23)31)29(35)20-34(24-13-11-21(2)12-14-24)41(37,38)25-15-16-27(39-4)28(18-25)40-5/h7-16,18,22H,6,17,19-20H2,1-5H3,(H,32,36)/t22-/m1/s1. The number of amides is 2. The van der Waals surface area contributed by atoms with E-state index in [1.54, 1.807) is 55.5 Å². The van der Waals surface area contributed by atoms with E-state index in [-0.39, 0.29) is 23.1 Å². The van der Waals surface area contributed by atoms with E-state index in [0.29, 0.717) is 28.6 Å². The highest BCUT2D eigenvalue weighted by atomic mass is 35.5. The van der Waals surface area contributed by atoms with Gasteiger partial charge in [-0.25, -0.2) is 8.42 Å². The second-order valence-electron chi connectivity index (χ2n) is 9.44. The summed E-state index contributed by atoms with van der Waals surface area (Å²) in [4.78, 5) is 28.2. The number of carbonyl (C=O) groups excluding carboxylic acids is 2. The Morgan fingerprint density at radius 3 is 2.24 bits per heavy atom. The first kappa shape index (κ1) is 31.8. The van der Waals surface area contributed by atoms with Crippen molar-refractivity contribution in [1.29, 1.82) is 0 Å². The van der Waals surface area contributed by atoms with E-state index < -0.39 is 28.5 Å². The minimum atomic E-state index is -4.27. The Bertz CT molecular complexity index is 1460. The van der Waals surface area contributed by atoms with Crippen molar-refractivity contribution in [3.05, 3.63) is 82.9 Å². The molecule has 1 N–H and O–H groups in total. The summed E-state index contributed by atoms with van der Waals surface area (Å²) in [6, 6.07) is 17.1. The molecule has 0 saturated heterocycles. The number of halogens is 1. The van der Waals surface area contributed by atoms with E-state index in [1.165, 1.54) is 37.3 Å². The molecule has 0 spiro atoms. The number of hydrogen-bond donors (Lipinski definition) is 1. The average molecular weight is 602 g/mol. The Morgan fingerprint density at radius 2 is 1.63 bits per heavy atom. The number of benzene rings is 3. The van der Waals surface area contributed by atoms with Gasteiger partial charge < -0.3 is 19.7 Å². The van der Waals surface area contributed by atoms with Crippen molar-refractivity contribution in [2.75, 3.05) is 31.6 Å². The van der Waals surface area contributed by atoms with Crippen LogP contribution in [0, 0.1) is 6.92 Å². The molecule has 3 aromatic carbocycles. The summed E-state index contributed by atoms with van der Waals surface area (Å²) in [5, 5.41) is 3.25. The number of rotatable bonds is 13. The first-order valence-corrected chi connectivity index (χ1v) is 15.0. The number of methoxy groups -OCH3 is 2. The molecular weight excluding hydrogens is 566 g/mol. The van der Waals surface area contributed by atoms with Crippen molar-refractivity contribution in [1.82, 2.24) is 10.2 Å². The average Bonchev–Trinajstić information content (AvgIpc) is 2.97. The van der Waals surface area contributed by atoms with Gasteiger partial charge in [-0.15, -0.1) is 0 Å². The van der Waals surface area contributed by atoms with E-state index in [1.807, 2.05) is 13.8 Å². The summed E-state index contributed by atoms with van der Waals surface area (Å²) in [7, 11) is -1.41. The Kier molecular flexibility index (Phi) is 11.0. The maximum absolute atomic E-state index is 14.1. The second-order valence-corrected chi connectivity index (χ2v) is 11.7. The third kappa shape index (κ3) is 7.71. The molecular formula is C30H36ClN3O6S. The number of sulfonamides is 1. The molecule has 0 bridgehead atoms. The third-order valence-corrected chi connectivity index (χ3v) is 8.70. The maximum Gasteiger partial charge on any atom is 0.264 e. The smallest absolute Gasteiger partial charge is 0.264 e. The summed E-state index contributed by atoms with van der Waals surface area (Å²) in [6.45, 7) is 5.31. The number of aryl methyl sites for hydroxylation is 1. The number of nitrogens with one attached hydrogen (secondary N) is 1. The molecule has 2 amide bonds. The van der Waals surface area contributed by atoms with Gasteiger partial charge in [-0.2, -0.15) is 0 Å². The zero-order valence-electron chi connectivity index (χ0n) is 23.9. The van der Waals surface area contributed by atoms with Crippen molar-refractivity contribution >= 4 is 39.1 Å². The van der Waals surface area contributed by atoms with Gasteiger partial charge in [0, 0.05) is 24.2 Å². The number of carbonyl (C=O) groups is 2. The van der Waals surface area contributed by atoms with Crippen molar-refractivity contribution in [2.24, 2.45) is 0 Å². The molecule has 0 fully saturated rings. The molecule has 11 heteroatoms. The largest absolute Gasteiger partial charge is 0.493 e. The molecule has 3 rings (SSSR count). The molecule has 0 aliphatic carbocycles. The molecule has 0 saturated carbocycles. The number of ether oxygens (including phenoxy) is 2. The van der Waals surface area contributed by atoms with Crippen LogP contribution in [0.4, 0.5) is 5.69 Å². The Morgan fingerprint density at radius 1 is 0.976 bits per heavy atom. The maximum atomic E-state index is 14.1. The van der Waals surface area contributed by atoms with E-state index in [9.17, 15) is 18.0 Å². The van der Waals surface area contributed by atoms with Crippen molar-refractivity contribution < 1.29 is 27.5 Å². The van der Waals surface area contributed by atoms with Crippen LogP contribution in [-0.4, -0.2) is 58.5 Å². The summed E-state index contributed by atoms with van der Waals surface area (Å²) < 4.78 is 39.7. The normalized spacial score (nSPS) is 11.9. The highest BCUT2D eigenvalue weighted by Crippen LogP contribution is 2.32. The van der Waals surface area contributed by atoms with Crippen molar-refractivity contribution in [3.8, 4) is 11.5 Å². The van der Waals surface area contributed by atoms with Gasteiger partial charge in [0.15, 0.2) is 11.5 Å². The van der Waals surface area contributed by atoms with Gasteiger partial charge in [-0.1, -0.05) is 54.4 Å².